The van der Waals surface area contributed by atoms with Crippen LogP contribution in [0.5, 0.6) is 0 Å². The molecule has 1 aliphatic carbocycles. The van der Waals surface area contributed by atoms with Crippen molar-refractivity contribution in [2.24, 2.45) is 5.92 Å². The molecule has 0 atom stereocenters. The van der Waals surface area contributed by atoms with Crippen molar-refractivity contribution in [2.45, 2.75) is 98.2 Å². The average Bonchev–Trinajstić information content (AvgIpc) is 3.84. The zero-order chi connectivity index (χ0) is 38.2. The molecule has 1 saturated carbocycles. The Morgan fingerprint density at radius 3 is 2.20 bits per heavy atom. The van der Waals surface area contributed by atoms with Gasteiger partial charge in [-0.3, -0.25) is 0 Å². The van der Waals surface area contributed by atoms with Crippen molar-refractivity contribution in [2.75, 3.05) is 0 Å². The number of pyridine rings is 2. The summed E-state index contributed by atoms with van der Waals surface area (Å²) in [5.41, 5.74) is 12.6. The molecule has 4 aromatic carbocycles. The zero-order valence-corrected chi connectivity index (χ0v) is 38.1. The average molecular weight is 935 g/mol. The molecule has 7 aromatic rings. The van der Waals surface area contributed by atoms with Gasteiger partial charge in [0.25, 0.3) is 0 Å². The predicted octanol–water partition coefficient (Wildman–Crippen LogP) is 13.9. The number of nitrogens with zero attached hydrogens (tertiary/aromatic N) is 2. The van der Waals surface area contributed by atoms with Crippen molar-refractivity contribution in [1.29, 1.82) is 0 Å². The summed E-state index contributed by atoms with van der Waals surface area (Å²) in [6.07, 6.45) is 9.50. The summed E-state index contributed by atoms with van der Waals surface area (Å²) in [6, 6.07) is 39.4. The second-order valence-corrected chi connectivity index (χ2v) is 23.2. The molecule has 3 aromatic heterocycles. The van der Waals surface area contributed by atoms with Crippen LogP contribution in [0.25, 0.3) is 53.8 Å². The van der Waals surface area contributed by atoms with Crippen LogP contribution >= 0.6 is 11.3 Å². The van der Waals surface area contributed by atoms with Crippen LogP contribution in [0.3, 0.4) is 0 Å². The Morgan fingerprint density at radius 1 is 0.782 bits per heavy atom. The van der Waals surface area contributed by atoms with Gasteiger partial charge in [-0.25, -0.2) is 0 Å². The van der Waals surface area contributed by atoms with Crippen LogP contribution in [0.2, 0.25) is 19.6 Å². The van der Waals surface area contributed by atoms with Crippen LogP contribution in [-0.4, -0.2) is 18.0 Å². The first-order valence-electron chi connectivity index (χ1n) is 19.7. The first-order chi connectivity index (χ1) is 25.8. The van der Waals surface area contributed by atoms with E-state index < -0.39 is 8.07 Å². The zero-order valence-electron chi connectivity index (χ0n) is 33.9. The summed E-state index contributed by atoms with van der Waals surface area (Å²) in [5, 5.41) is 4.09. The van der Waals surface area contributed by atoms with Crippen LogP contribution in [0.4, 0.5) is 0 Å². The third-order valence-electron chi connectivity index (χ3n) is 11.7. The number of rotatable bonds is 7. The van der Waals surface area contributed by atoms with Crippen LogP contribution in [-0.2, 0) is 25.5 Å². The minimum Gasteiger partial charge on any atom is -0.305 e. The fourth-order valence-corrected chi connectivity index (χ4v) is 11.4. The largest absolute Gasteiger partial charge is 0.305 e. The molecule has 3 heterocycles. The summed E-state index contributed by atoms with van der Waals surface area (Å²) in [7, 11) is -1.34. The molecule has 0 spiro atoms. The Morgan fingerprint density at radius 2 is 1.53 bits per heavy atom. The summed E-state index contributed by atoms with van der Waals surface area (Å²) >= 11 is 1.87. The third kappa shape index (κ3) is 8.52. The van der Waals surface area contributed by atoms with Gasteiger partial charge in [0.2, 0.25) is 0 Å². The number of aromatic nitrogens is 2. The van der Waals surface area contributed by atoms with E-state index in [1.807, 2.05) is 35.7 Å². The molecule has 0 bridgehead atoms. The predicted molar refractivity (Wildman–Crippen MR) is 237 cm³/mol. The van der Waals surface area contributed by atoms with Gasteiger partial charge in [-0.2, -0.15) is 11.3 Å². The van der Waals surface area contributed by atoms with Gasteiger partial charge in [-0.05, 0) is 111 Å². The molecule has 285 valence electrons. The van der Waals surface area contributed by atoms with Gasteiger partial charge in [-0.15, -0.1) is 59.7 Å². The maximum atomic E-state index is 4.83. The molecule has 1 radical (unpaired) electrons. The molecule has 0 aliphatic heterocycles. The number of thiophene rings is 1. The number of hydrogen-bond donors (Lipinski definition) is 0. The number of fused-ring (bicyclic) bond motifs is 3. The third-order valence-corrected chi connectivity index (χ3v) is 14.9. The van der Waals surface area contributed by atoms with Gasteiger partial charge >= 0.3 is 0 Å². The van der Waals surface area contributed by atoms with Crippen LogP contribution in [0, 0.1) is 31.9 Å². The standard InChI is InChI=1S/C33H32NS.C17H22NSi.Ir/c1-21-9-7-10-22(2)31(21)23-15-16-26-27-13-8-14-28(32(27)35-30(26)19-23)29-20-25(17-18-34-29)33(3,4)24-11-5-6-12-24;1-13(2)15-11-16(14-9-7-6-8-10-14)18-12-17(15)19(3,4)5;/h7-10,13,15-20,24H,5-6,11-12H2,1-4H3;6-9,11-13H,1-5H3;/q2*-1;. The second-order valence-electron chi connectivity index (χ2n) is 17.1. The molecule has 0 N–H and O–H groups in total. The van der Waals surface area contributed by atoms with Gasteiger partial charge in [0.15, 0.2) is 0 Å². The Hall–Kier alpha value is -3.73. The first kappa shape index (κ1) is 40.9. The molecule has 8 rings (SSSR count). The van der Waals surface area contributed by atoms with Gasteiger partial charge < -0.3 is 9.97 Å². The first-order valence-corrected chi connectivity index (χ1v) is 24.0. The van der Waals surface area contributed by atoms with E-state index in [0.29, 0.717) is 5.92 Å². The normalized spacial score (nSPS) is 13.6. The van der Waals surface area contributed by atoms with E-state index in [4.69, 9.17) is 4.98 Å². The quantitative estimate of drug-likeness (QED) is 0.118. The Labute approximate surface area is 348 Å². The smallest absolute Gasteiger partial charge is 0.0799 e. The van der Waals surface area contributed by atoms with E-state index in [1.165, 1.54) is 84.4 Å². The molecular weight excluding hydrogens is 881 g/mol. The van der Waals surface area contributed by atoms with Gasteiger partial charge in [-0.1, -0.05) is 114 Å². The maximum absolute atomic E-state index is 4.83. The van der Waals surface area contributed by atoms with Crippen molar-refractivity contribution < 1.29 is 20.1 Å². The topological polar surface area (TPSA) is 25.8 Å². The second kappa shape index (κ2) is 16.8. The van der Waals surface area contributed by atoms with Crippen molar-refractivity contribution in [3.05, 3.63) is 138 Å². The molecule has 0 amide bonds. The number of benzene rings is 4. The molecule has 0 unspecified atom stereocenters. The Bertz CT molecular complexity index is 2400. The summed E-state index contributed by atoms with van der Waals surface area (Å²) in [4.78, 5) is 9.50. The van der Waals surface area contributed by atoms with Crippen LogP contribution in [0.15, 0.2) is 103 Å². The van der Waals surface area contributed by atoms with Gasteiger partial charge in [0, 0.05) is 37.2 Å². The van der Waals surface area contributed by atoms with E-state index in [9.17, 15) is 0 Å². The van der Waals surface area contributed by atoms with Crippen molar-refractivity contribution in [1.82, 2.24) is 9.97 Å². The number of hydrogen-bond acceptors (Lipinski definition) is 3. The molecular formula is C50H54IrN2SSi-2. The van der Waals surface area contributed by atoms with E-state index in [1.54, 1.807) is 0 Å². The molecule has 2 nitrogen and oxygen atoms in total. The Kier molecular flexibility index (Phi) is 12.5. The summed E-state index contributed by atoms with van der Waals surface area (Å²) in [6.45, 7) is 20.9. The van der Waals surface area contributed by atoms with E-state index in [2.05, 4.69) is 157 Å². The van der Waals surface area contributed by atoms with Gasteiger partial charge in [0.05, 0.1) is 8.07 Å². The van der Waals surface area contributed by atoms with Gasteiger partial charge in [0.1, 0.15) is 0 Å². The van der Waals surface area contributed by atoms with E-state index in [-0.39, 0.29) is 25.5 Å². The Balaban J connectivity index is 0.000000219. The number of aryl methyl sites for hydroxylation is 2. The molecule has 1 aliphatic rings. The SMILES string of the molecule is CC(C)c1cc(-c2[c-]cccc2)ncc1[Si](C)(C)C.Cc1cccc(C)c1-c1ccc2c(c1)sc1c(-c3cc(C(C)(C)C4CCCC4)ccn3)[c-]ccc12.[Ir]. The summed E-state index contributed by atoms with van der Waals surface area (Å²) < 4.78 is 2.60. The molecule has 0 saturated heterocycles. The minimum atomic E-state index is -1.34. The summed E-state index contributed by atoms with van der Waals surface area (Å²) in [5.74, 6) is 1.29. The van der Waals surface area contributed by atoms with E-state index in [0.717, 1.165) is 28.4 Å². The van der Waals surface area contributed by atoms with Crippen LogP contribution in [0.1, 0.15) is 81.5 Å². The van der Waals surface area contributed by atoms with Crippen LogP contribution < -0.4 is 5.19 Å². The molecule has 1 fully saturated rings. The van der Waals surface area contributed by atoms with Crippen molar-refractivity contribution >= 4 is 44.8 Å². The fourth-order valence-electron chi connectivity index (χ4n) is 8.48. The minimum absolute atomic E-state index is 0. The van der Waals surface area contributed by atoms with Crippen molar-refractivity contribution in [3.8, 4) is 33.6 Å². The molecule has 5 heteroatoms. The monoisotopic (exact) mass is 935 g/mol. The fraction of sp³-hybridized carbons (Fsp3) is 0.320. The maximum Gasteiger partial charge on any atom is 0.0799 e. The van der Waals surface area contributed by atoms with Crippen molar-refractivity contribution in [3.63, 3.8) is 0 Å². The molecule has 55 heavy (non-hydrogen) atoms. The van der Waals surface area contributed by atoms with E-state index >= 15 is 0 Å².